The molecule has 1 aromatic rings. The van der Waals surface area contributed by atoms with Crippen molar-refractivity contribution in [2.45, 2.75) is 33.7 Å². The van der Waals surface area contributed by atoms with Crippen LogP contribution in [0.1, 0.15) is 41.8 Å². The number of nitrogens with one attached hydrogen (secondary N) is 1. The fraction of sp³-hybridized carbons (Fsp3) is 0.389. The molecule has 5 nitrogen and oxygen atoms in total. The summed E-state index contributed by atoms with van der Waals surface area (Å²) in [6, 6.07) is 5.70. The largest absolute Gasteiger partial charge is 0.332 e. The predicted molar refractivity (Wildman–Crippen MR) is 86.3 cm³/mol. The van der Waals surface area contributed by atoms with Crippen molar-refractivity contribution in [3.8, 4) is 12.3 Å². The van der Waals surface area contributed by atoms with Crippen LogP contribution in [0.15, 0.2) is 18.2 Å². The Bertz CT molecular complexity index is 717. The molecular formula is C18H20N2O3. The summed E-state index contributed by atoms with van der Waals surface area (Å²) in [7, 11) is 0. The van der Waals surface area contributed by atoms with E-state index in [2.05, 4.69) is 11.2 Å². The van der Waals surface area contributed by atoms with E-state index in [0.717, 1.165) is 11.1 Å². The minimum absolute atomic E-state index is 0.0683. The normalized spacial score (nSPS) is 15.6. The van der Waals surface area contributed by atoms with Crippen LogP contribution in [0, 0.1) is 24.7 Å². The summed E-state index contributed by atoms with van der Waals surface area (Å²) < 4.78 is 0. The van der Waals surface area contributed by atoms with Crippen molar-refractivity contribution in [2.24, 2.45) is 5.41 Å². The van der Waals surface area contributed by atoms with Crippen LogP contribution in [0.3, 0.4) is 0 Å². The van der Waals surface area contributed by atoms with Gasteiger partial charge in [-0.25, -0.2) is 0 Å². The van der Waals surface area contributed by atoms with Gasteiger partial charge in [0.05, 0.1) is 0 Å². The summed E-state index contributed by atoms with van der Waals surface area (Å²) >= 11 is 0. The van der Waals surface area contributed by atoms with Crippen LogP contribution < -0.4 is 5.32 Å². The fourth-order valence-electron chi connectivity index (χ4n) is 2.52. The average molecular weight is 312 g/mol. The summed E-state index contributed by atoms with van der Waals surface area (Å²) in [4.78, 5) is 37.8. The number of aryl methyl sites for hydroxylation is 1. The number of nitrogens with zero attached hydrogens (tertiary/aromatic N) is 1. The molecule has 1 heterocycles. The maximum absolute atomic E-state index is 12.5. The minimum atomic E-state index is -1.25. The summed E-state index contributed by atoms with van der Waals surface area (Å²) in [6.07, 6.45) is 5.71. The van der Waals surface area contributed by atoms with Crippen molar-refractivity contribution in [1.82, 2.24) is 10.2 Å². The van der Waals surface area contributed by atoms with Crippen LogP contribution in [0.2, 0.25) is 0 Å². The fourth-order valence-corrected chi connectivity index (χ4v) is 2.52. The van der Waals surface area contributed by atoms with E-state index < -0.39 is 11.3 Å². The van der Waals surface area contributed by atoms with Gasteiger partial charge in [0.25, 0.3) is 5.91 Å². The van der Waals surface area contributed by atoms with E-state index in [-0.39, 0.29) is 24.8 Å². The number of terminal acetylenes is 1. The Hall–Kier alpha value is -2.61. The molecule has 5 heteroatoms. The summed E-state index contributed by atoms with van der Waals surface area (Å²) in [5, 5.41) is 2.28. The summed E-state index contributed by atoms with van der Waals surface area (Å²) in [6.45, 7) is 5.62. The third-order valence-electron chi connectivity index (χ3n) is 4.05. The molecule has 3 amide bonds. The van der Waals surface area contributed by atoms with E-state index in [0.29, 0.717) is 12.1 Å². The summed E-state index contributed by atoms with van der Waals surface area (Å²) in [5.74, 6) is 1.36. The first kappa shape index (κ1) is 16.8. The molecule has 0 aliphatic carbocycles. The second-order valence-electron chi connectivity index (χ2n) is 6.03. The van der Waals surface area contributed by atoms with E-state index in [4.69, 9.17) is 6.42 Å². The van der Waals surface area contributed by atoms with Gasteiger partial charge in [-0.3, -0.25) is 19.7 Å². The van der Waals surface area contributed by atoms with Crippen molar-refractivity contribution < 1.29 is 14.4 Å². The van der Waals surface area contributed by atoms with Crippen molar-refractivity contribution in [1.29, 1.82) is 0 Å². The van der Waals surface area contributed by atoms with Gasteiger partial charge in [0.1, 0.15) is 5.41 Å². The van der Waals surface area contributed by atoms with Gasteiger partial charge in [0.15, 0.2) is 0 Å². The first-order chi connectivity index (χ1) is 10.8. The van der Waals surface area contributed by atoms with E-state index in [1.54, 1.807) is 18.7 Å². The van der Waals surface area contributed by atoms with Crippen molar-refractivity contribution in [3.63, 3.8) is 0 Å². The molecule has 2 rings (SSSR count). The highest BCUT2D eigenvalue weighted by atomic mass is 16.2. The molecule has 23 heavy (non-hydrogen) atoms. The lowest BCUT2D eigenvalue weighted by Gasteiger charge is -2.27. The Labute approximate surface area is 136 Å². The first-order valence-electron chi connectivity index (χ1n) is 7.51. The lowest BCUT2D eigenvalue weighted by Crippen LogP contribution is -2.47. The van der Waals surface area contributed by atoms with Crippen LogP contribution in [-0.4, -0.2) is 29.2 Å². The maximum Gasteiger partial charge on any atom is 0.254 e. The zero-order valence-corrected chi connectivity index (χ0v) is 13.6. The SMILES string of the molecule is C#CC(C)(CN1Cc2ccc(C)cc2C1=O)C(=O)NC(=O)CC. The van der Waals surface area contributed by atoms with Crippen molar-refractivity contribution in [2.75, 3.05) is 6.54 Å². The number of imide groups is 1. The predicted octanol–water partition coefficient (Wildman–Crippen LogP) is 1.64. The second-order valence-corrected chi connectivity index (χ2v) is 6.03. The number of amides is 3. The topological polar surface area (TPSA) is 66.5 Å². The standard InChI is InChI=1S/C18H20N2O3/c1-5-15(21)19-17(23)18(4,6-2)11-20-10-13-8-7-12(3)9-14(13)16(20)22/h2,7-9H,5,10-11H2,1,3-4H3,(H,19,21,23). The highest BCUT2D eigenvalue weighted by molar-refractivity contribution is 6.01. The van der Waals surface area contributed by atoms with Gasteiger partial charge in [-0.05, 0) is 25.5 Å². The molecule has 0 spiro atoms. The van der Waals surface area contributed by atoms with Crippen molar-refractivity contribution >= 4 is 17.7 Å². The molecule has 1 aromatic carbocycles. The van der Waals surface area contributed by atoms with Gasteiger partial charge in [0.2, 0.25) is 11.8 Å². The molecule has 0 aromatic heterocycles. The molecule has 0 saturated heterocycles. The number of hydrogen-bond donors (Lipinski definition) is 1. The van der Waals surface area contributed by atoms with Gasteiger partial charge in [-0.15, -0.1) is 6.42 Å². The number of carbonyl (C=O) groups is 3. The van der Waals surface area contributed by atoms with Crippen LogP contribution in [0.4, 0.5) is 0 Å². The lowest BCUT2D eigenvalue weighted by molar-refractivity contribution is -0.134. The van der Waals surface area contributed by atoms with E-state index in [1.165, 1.54) is 0 Å². The Morgan fingerprint density at radius 2 is 2.13 bits per heavy atom. The van der Waals surface area contributed by atoms with E-state index in [9.17, 15) is 14.4 Å². The van der Waals surface area contributed by atoms with Gasteiger partial charge in [-0.2, -0.15) is 0 Å². The van der Waals surface area contributed by atoms with Gasteiger partial charge in [-0.1, -0.05) is 30.5 Å². The number of hydrogen-bond acceptors (Lipinski definition) is 3. The third kappa shape index (κ3) is 3.26. The molecule has 0 bridgehead atoms. The molecular weight excluding hydrogens is 292 g/mol. The number of carbonyl (C=O) groups excluding carboxylic acids is 3. The molecule has 1 aliphatic heterocycles. The molecule has 0 radical (unpaired) electrons. The Balaban J connectivity index is 2.18. The average Bonchev–Trinajstić information content (AvgIpc) is 2.82. The molecule has 1 N–H and O–H groups in total. The minimum Gasteiger partial charge on any atom is -0.332 e. The highest BCUT2D eigenvalue weighted by Gasteiger charge is 2.38. The van der Waals surface area contributed by atoms with Gasteiger partial charge >= 0.3 is 0 Å². The zero-order valence-electron chi connectivity index (χ0n) is 13.6. The van der Waals surface area contributed by atoms with Gasteiger partial charge < -0.3 is 4.90 Å². The molecule has 1 atom stereocenters. The Morgan fingerprint density at radius 3 is 2.74 bits per heavy atom. The highest BCUT2D eigenvalue weighted by Crippen LogP contribution is 2.27. The lowest BCUT2D eigenvalue weighted by atomic mass is 9.89. The molecule has 1 unspecified atom stereocenters. The van der Waals surface area contributed by atoms with E-state index in [1.807, 2.05) is 25.1 Å². The molecule has 120 valence electrons. The molecule has 0 fully saturated rings. The monoisotopic (exact) mass is 312 g/mol. The van der Waals surface area contributed by atoms with Crippen LogP contribution in [-0.2, 0) is 16.1 Å². The molecule has 0 saturated carbocycles. The van der Waals surface area contributed by atoms with Crippen molar-refractivity contribution in [3.05, 3.63) is 34.9 Å². The Morgan fingerprint density at radius 1 is 1.43 bits per heavy atom. The number of rotatable bonds is 4. The van der Waals surface area contributed by atoms with Gasteiger partial charge in [0, 0.05) is 25.1 Å². The maximum atomic E-state index is 12.5. The number of benzene rings is 1. The smallest absolute Gasteiger partial charge is 0.254 e. The quantitative estimate of drug-likeness (QED) is 0.860. The first-order valence-corrected chi connectivity index (χ1v) is 7.51. The second kappa shape index (κ2) is 6.25. The molecule has 1 aliphatic rings. The summed E-state index contributed by atoms with van der Waals surface area (Å²) in [5.41, 5.74) is 1.32. The number of fused-ring (bicyclic) bond motifs is 1. The zero-order chi connectivity index (χ0) is 17.2. The van der Waals surface area contributed by atoms with Crippen LogP contribution in [0.5, 0.6) is 0 Å². The van der Waals surface area contributed by atoms with Crippen LogP contribution in [0.25, 0.3) is 0 Å². The van der Waals surface area contributed by atoms with E-state index >= 15 is 0 Å². The third-order valence-corrected chi connectivity index (χ3v) is 4.05. The van der Waals surface area contributed by atoms with Crippen LogP contribution >= 0.6 is 0 Å². The Kier molecular flexibility index (Phi) is 4.55.